The van der Waals surface area contributed by atoms with E-state index in [1.165, 1.54) is 47.8 Å². The minimum Gasteiger partial charge on any atom is -0.465 e. The number of ether oxygens (including phenoxy) is 1. The molecular formula is C21H20FN3O5S. The molecule has 0 unspecified atom stereocenters. The Labute approximate surface area is 178 Å². The summed E-state index contributed by atoms with van der Waals surface area (Å²) in [6.45, 7) is 0.191. The van der Waals surface area contributed by atoms with E-state index in [0.717, 1.165) is 0 Å². The van der Waals surface area contributed by atoms with E-state index < -0.39 is 33.4 Å². The lowest BCUT2D eigenvalue weighted by atomic mass is 10.00. The van der Waals surface area contributed by atoms with Gasteiger partial charge in [0.2, 0.25) is 10.0 Å². The van der Waals surface area contributed by atoms with E-state index in [2.05, 4.69) is 10.3 Å². The van der Waals surface area contributed by atoms with E-state index in [0.29, 0.717) is 5.56 Å². The van der Waals surface area contributed by atoms with E-state index >= 15 is 0 Å². The van der Waals surface area contributed by atoms with Gasteiger partial charge < -0.3 is 10.1 Å². The number of piperidine rings is 1. The number of hydrogen-bond donors (Lipinski definition) is 1. The summed E-state index contributed by atoms with van der Waals surface area (Å²) in [7, 11) is -2.77. The standard InChI is InChI=1S/C21H20FN3O5S/c1-30-20(27)16-7-2-3-8-17(16)31(28,29)25-11-9-21(10-12-25)23-18(19(26)24-21)14-5-4-6-15(22)13-14/h2-8,13H,9-12H2,1H3,(H,24,26). The van der Waals surface area contributed by atoms with Crippen LogP contribution in [-0.4, -0.2) is 56.2 Å². The molecule has 0 aromatic heterocycles. The van der Waals surface area contributed by atoms with Gasteiger partial charge in [0.25, 0.3) is 5.91 Å². The Morgan fingerprint density at radius 1 is 1.16 bits per heavy atom. The normalized spacial score (nSPS) is 18.5. The number of aliphatic imine (C=N–C) groups is 1. The lowest BCUT2D eigenvalue weighted by Crippen LogP contribution is -2.52. The quantitative estimate of drug-likeness (QED) is 0.722. The first-order valence-electron chi connectivity index (χ1n) is 9.62. The summed E-state index contributed by atoms with van der Waals surface area (Å²) in [5.41, 5.74) is -0.471. The second-order valence-corrected chi connectivity index (χ2v) is 9.25. The van der Waals surface area contributed by atoms with Crippen LogP contribution < -0.4 is 5.32 Å². The summed E-state index contributed by atoms with van der Waals surface area (Å²) in [5, 5.41) is 2.83. The minimum atomic E-state index is -3.96. The molecule has 2 aliphatic rings. The molecule has 2 heterocycles. The van der Waals surface area contributed by atoms with Crippen LogP contribution in [0.15, 0.2) is 58.4 Å². The number of nitrogens with one attached hydrogen (secondary N) is 1. The van der Waals surface area contributed by atoms with E-state index in [9.17, 15) is 22.4 Å². The Bertz CT molecular complexity index is 1190. The predicted octanol–water partition coefficient (Wildman–Crippen LogP) is 1.71. The number of carbonyl (C=O) groups is 2. The summed E-state index contributed by atoms with van der Waals surface area (Å²) >= 11 is 0. The van der Waals surface area contributed by atoms with Crippen molar-refractivity contribution < 1.29 is 27.1 Å². The van der Waals surface area contributed by atoms with Gasteiger partial charge in [0.05, 0.1) is 17.6 Å². The molecule has 31 heavy (non-hydrogen) atoms. The highest BCUT2D eigenvalue weighted by molar-refractivity contribution is 7.89. The predicted molar refractivity (Wildman–Crippen MR) is 110 cm³/mol. The summed E-state index contributed by atoms with van der Waals surface area (Å²) in [4.78, 5) is 28.9. The van der Waals surface area contributed by atoms with E-state index in [1.54, 1.807) is 12.1 Å². The Kier molecular flexibility index (Phi) is 5.36. The molecule has 8 nitrogen and oxygen atoms in total. The van der Waals surface area contributed by atoms with E-state index in [1.807, 2.05) is 0 Å². The molecule has 1 fully saturated rings. The van der Waals surface area contributed by atoms with Crippen molar-refractivity contribution in [1.82, 2.24) is 9.62 Å². The fourth-order valence-corrected chi connectivity index (χ4v) is 5.46. The number of hydrogen-bond acceptors (Lipinski definition) is 6. The van der Waals surface area contributed by atoms with E-state index in [-0.39, 0.29) is 42.1 Å². The zero-order chi connectivity index (χ0) is 22.2. The van der Waals surface area contributed by atoms with Crippen LogP contribution in [0.1, 0.15) is 28.8 Å². The monoisotopic (exact) mass is 445 g/mol. The number of halogens is 1. The maximum atomic E-state index is 13.5. The molecule has 162 valence electrons. The number of carbonyl (C=O) groups excluding carboxylic acids is 2. The summed E-state index contributed by atoms with van der Waals surface area (Å²) in [5.74, 6) is -1.63. The summed E-state index contributed by atoms with van der Waals surface area (Å²) in [6, 6.07) is 11.5. The van der Waals surface area contributed by atoms with Crippen LogP contribution in [0.25, 0.3) is 0 Å². The lowest BCUT2D eigenvalue weighted by molar-refractivity contribution is -0.115. The minimum absolute atomic E-state index is 0.0362. The van der Waals surface area contributed by atoms with Crippen LogP contribution in [-0.2, 0) is 19.6 Å². The number of sulfonamides is 1. The van der Waals surface area contributed by atoms with Crippen molar-refractivity contribution in [3.63, 3.8) is 0 Å². The van der Waals surface area contributed by atoms with Gasteiger partial charge in [-0.2, -0.15) is 4.31 Å². The second-order valence-electron chi connectivity index (χ2n) is 7.35. The number of methoxy groups -OCH3 is 1. The van der Waals surface area contributed by atoms with Crippen molar-refractivity contribution in [1.29, 1.82) is 0 Å². The van der Waals surface area contributed by atoms with Crippen molar-refractivity contribution in [3.8, 4) is 0 Å². The molecule has 0 atom stereocenters. The third-order valence-corrected chi connectivity index (χ3v) is 7.40. The third-order valence-electron chi connectivity index (χ3n) is 5.44. The van der Waals surface area contributed by atoms with Gasteiger partial charge in [-0.25, -0.2) is 17.6 Å². The molecule has 2 aromatic rings. The Morgan fingerprint density at radius 3 is 2.55 bits per heavy atom. The third kappa shape index (κ3) is 3.84. The van der Waals surface area contributed by atoms with Crippen molar-refractivity contribution in [2.75, 3.05) is 20.2 Å². The molecule has 0 aliphatic carbocycles. The molecule has 4 rings (SSSR count). The first-order valence-corrected chi connectivity index (χ1v) is 11.1. The largest absolute Gasteiger partial charge is 0.465 e. The van der Waals surface area contributed by atoms with Crippen LogP contribution in [0.2, 0.25) is 0 Å². The lowest BCUT2D eigenvalue weighted by Gasteiger charge is -2.36. The first kappa shape index (κ1) is 21.1. The number of nitrogens with zero attached hydrogens (tertiary/aromatic N) is 2. The molecule has 1 spiro atoms. The molecule has 1 N–H and O–H groups in total. The van der Waals surface area contributed by atoms with Crippen molar-refractivity contribution in [3.05, 3.63) is 65.5 Å². The highest BCUT2D eigenvalue weighted by Crippen LogP contribution is 2.32. The Balaban J connectivity index is 1.57. The topological polar surface area (TPSA) is 105 Å². The maximum Gasteiger partial charge on any atom is 0.339 e. The van der Waals surface area contributed by atoms with Gasteiger partial charge in [0, 0.05) is 31.5 Å². The van der Waals surface area contributed by atoms with Crippen LogP contribution in [0, 0.1) is 5.82 Å². The zero-order valence-electron chi connectivity index (χ0n) is 16.7. The Morgan fingerprint density at radius 2 is 1.87 bits per heavy atom. The van der Waals surface area contributed by atoms with Gasteiger partial charge in [0.15, 0.2) is 0 Å². The van der Waals surface area contributed by atoms with Gasteiger partial charge >= 0.3 is 5.97 Å². The number of amides is 1. The van der Waals surface area contributed by atoms with Crippen LogP contribution >= 0.6 is 0 Å². The molecule has 1 amide bonds. The molecule has 2 aromatic carbocycles. The van der Waals surface area contributed by atoms with Crippen LogP contribution in [0.4, 0.5) is 4.39 Å². The SMILES string of the molecule is COC(=O)c1ccccc1S(=O)(=O)N1CCC2(CC1)N=C(c1cccc(F)c1)C(=O)N2. The van der Waals surface area contributed by atoms with Crippen molar-refractivity contribution in [2.24, 2.45) is 4.99 Å². The van der Waals surface area contributed by atoms with Crippen molar-refractivity contribution in [2.45, 2.75) is 23.4 Å². The highest BCUT2D eigenvalue weighted by atomic mass is 32.2. The van der Waals surface area contributed by atoms with Crippen molar-refractivity contribution >= 4 is 27.6 Å². The van der Waals surface area contributed by atoms with Gasteiger partial charge in [-0.1, -0.05) is 24.3 Å². The van der Waals surface area contributed by atoms with Crippen LogP contribution in [0.5, 0.6) is 0 Å². The van der Waals surface area contributed by atoms with Gasteiger partial charge in [0.1, 0.15) is 17.2 Å². The van der Waals surface area contributed by atoms with Gasteiger partial charge in [-0.05, 0) is 24.3 Å². The zero-order valence-corrected chi connectivity index (χ0v) is 17.5. The fourth-order valence-electron chi connectivity index (χ4n) is 3.84. The van der Waals surface area contributed by atoms with Crippen LogP contribution in [0.3, 0.4) is 0 Å². The number of esters is 1. The summed E-state index contributed by atoms with van der Waals surface area (Å²) in [6.07, 6.45) is 0.494. The molecule has 0 saturated carbocycles. The molecular weight excluding hydrogens is 425 g/mol. The number of rotatable bonds is 4. The highest BCUT2D eigenvalue weighted by Gasteiger charge is 2.44. The first-order chi connectivity index (χ1) is 14.8. The summed E-state index contributed by atoms with van der Waals surface area (Å²) < 4.78 is 45.9. The Hall–Kier alpha value is -3.11. The smallest absolute Gasteiger partial charge is 0.339 e. The maximum absolute atomic E-state index is 13.5. The molecule has 2 aliphatic heterocycles. The average molecular weight is 445 g/mol. The van der Waals surface area contributed by atoms with E-state index in [4.69, 9.17) is 4.74 Å². The average Bonchev–Trinajstić information content (AvgIpc) is 3.09. The molecule has 0 radical (unpaired) electrons. The molecule has 10 heteroatoms. The molecule has 1 saturated heterocycles. The van der Waals surface area contributed by atoms with Gasteiger partial charge in [-0.15, -0.1) is 0 Å². The number of benzene rings is 2. The second kappa shape index (κ2) is 7.86. The fraction of sp³-hybridized carbons (Fsp3) is 0.286. The molecule has 0 bridgehead atoms. The van der Waals surface area contributed by atoms with Gasteiger partial charge in [-0.3, -0.25) is 9.79 Å².